The summed E-state index contributed by atoms with van der Waals surface area (Å²) in [6, 6.07) is 5.90. The van der Waals surface area contributed by atoms with Crippen LogP contribution in [-0.2, 0) is 5.41 Å². The molecule has 1 aromatic heterocycles. The van der Waals surface area contributed by atoms with Crippen molar-refractivity contribution in [3.8, 4) is 5.69 Å². The molecule has 0 atom stereocenters. The van der Waals surface area contributed by atoms with Crippen molar-refractivity contribution < 1.29 is 0 Å². The first-order chi connectivity index (χ1) is 8.30. The van der Waals surface area contributed by atoms with Gasteiger partial charge >= 0.3 is 0 Å². The SMILES string of the molecule is CC(C)(C)c1nnc(Cl)n1-c1cc(Br)ccc1Br. The molecule has 0 saturated heterocycles. The van der Waals surface area contributed by atoms with Crippen LogP contribution in [0.4, 0.5) is 0 Å². The Morgan fingerprint density at radius 2 is 1.83 bits per heavy atom. The second-order valence-electron chi connectivity index (χ2n) is 4.97. The van der Waals surface area contributed by atoms with Crippen LogP contribution in [0.25, 0.3) is 5.69 Å². The number of aromatic nitrogens is 3. The molecule has 0 N–H and O–H groups in total. The topological polar surface area (TPSA) is 30.7 Å². The molecule has 1 heterocycles. The summed E-state index contributed by atoms with van der Waals surface area (Å²) in [6.45, 7) is 6.24. The number of hydrogen-bond acceptors (Lipinski definition) is 2. The van der Waals surface area contributed by atoms with E-state index >= 15 is 0 Å². The van der Waals surface area contributed by atoms with Crippen molar-refractivity contribution in [2.75, 3.05) is 0 Å². The highest BCUT2D eigenvalue weighted by Crippen LogP contribution is 2.31. The highest BCUT2D eigenvalue weighted by atomic mass is 79.9. The average molecular weight is 394 g/mol. The summed E-state index contributed by atoms with van der Waals surface area (Å²) in [5, 5.41) is 8.51. The lowest BCUT2D eigenvalue weighted by atomic mass is 9.95. The van der Waals surface area contributed by atoms with E-state index in [2.05, 4.69) is 62.8 Å². The van der Waals surface area contributed by atoms with E-state index in [0.717, 1.165) is 20.5 Å². The molecule has 0 radical (unpaired) electrons. The third kappa shape index (κ3) is 2.63. The Morgan fingerprint density at radius 1 is 1.17 bits per heavy atom. The smallest absolute Gasteiger partial charge is 0.229 e. The second-order valence-corrected chi connectivity index (χ2v) is 7.08. The summed E-state index contributed by atoms with van der Waals surface area (Å²) >= 11 is 13.2. The zero-order chi connectivity index (χ0) is 13.5. The first-order valence-corrected chi connectivity index (χ1v) is 7.34. The zero-order valence-corrected chi connectivity index (χ0v) is 14.1. The Bertz CT molecular complexity index is 587. The van der Waals surface area contributed by atoms with Gasteiger partial charge in [-0.2, -0.15) is 0 Å². The molecule has 6 heteroatoms. The van der Waals surface area contributed by atoms with E-state index in [4.69, 9.17) is 11.6 Å². The first kappa shape index (κ1) is 14.0. The lowest BCUT2D eigenvalue weighted by molar-refractivity contribution is 0.533. The predicted molar refractivity (Wildman–Crippen MR) is 80.5 cm³/mol. The summed E-state index contributed by atoms with van der Waals surface area (Å²) in [7, 11) is 0. The molecule has 1 aromatic carbocycles. The van der Waals surface area contributed by atoms with Crippen LogP contribution in [0.2, 0.25) is 5.28 Å². The van der Waals surface area contributed by atoms with Crippen molar-refractivity contribution in [2.24, 2.45) is 0 Å². The largest absolute Gasteiger partial charge is 0.268 e. The molecule has 0 fully saturated rings. The van der Waals surface area contributed by atoms with E-state index in [9.17, 15) is 0 Å². The summed E-state index contributed by atoms with van der Waals surface area (Å²) in [6.07, 6.45) is 0. The van der Waals surface area contributed by atoms with Crippen LogP contribution in [-0.4, -0.2) is 14.8 Å². The fraction of sp³-hybridized carbons (Fsp3) is 0.333. The van der Waals surface area contributed by atoms with Crippen LogP contribution in [0, 0.1) is 0 Å². The van der Waals surface area contributed by atoms with Gasteiger partial charge in [0.25, 0.3) is 0 Å². The van der Waals surface area contributed by atoms with E-state index in [1.54, 1.807) is 0 Å². The van der Waals surface area contributed by atoms with Gasteiger partial charge < -0.3 is 0 Å². The predicted octanol–water partition coefficient (Wildman–Crippen LogP) is 4.74. The van der Waals surface area contributed by atoms with E-state index in [1.165, 1.54) is 0 Å². The minimum atomic E-state index is -0.137. The van der Waals surface area contributed by atoms with Gasteiger partial charge in [-0.15, -0.1) is 10.2 Å². The Morgan fingerprint density at radius 3 is 2.44 bits per heavy atom. The van der Waals surface area contributed by atoms with Gasteiger partial charge in [-0.05, 0) is 45.7 Å². The van der Waals surface area contributed by atoms with Gasteiger partial charge in [-0.3, -0.25) is 4.57 Å². The quantitative estimate of drug-likeness (QED) is 0.700. The molecule has 2 rings (SSSR count). The van der Waals surface area contributed by atoms with E-state index < -0.39 is 0 Å². The molecule has 0 spiro atoms. The maximum absolute atomic E-state index is 6.16. The van der Waals surface area contributed by atoms with E-state index in [0.29, 0.717) is 5.28 Å². The van der Waals surface area contributed by atoms with Crippen LogP contribution in [0.1, 0.15) is 26.6 Å². The molecule has 0 aliphatic rings. The minimum absolute atomic E-state index is 0.137. The Hall–Kier alpha value is -0.390. The molecular formula is C12H12Br2ClN3. The van der Waals surface area contributed by atoms with Gasteiger partial charge in [0, 0.05) is 14.4 Å². The molecular weight excluding hydrogens is 381 g/mol. The summed E-state index contributed by atoms with van der Waals surface area (Å²) in [4.78, 5) is 0. The van der Waals surface area contributed by atoms with Crippen LogP contribution < -0.4 is 0 Å². The molecule has 3 nitrogen and oxygen atoms in total. The Balaban J connectivity index is 2.71. The van der Waals surface area contributed by atoms with Crippen molar-refractivity contribution in [3.05, 3.63) is 38.3 Å². The molecule has 0 bridgehead atoms. The van der Waals surface area contributed by atoms with Crippen molar-refractivity contribution in [3.63, 3.8) is 0 Å². The van der Waals surface area contributed by atoms with Crippen molar-refractivity contribution in [1.82, 2.24) is 14.8 Å². The van der Waals surface area contributed by atoms with Gasteiger partial charge in [-0.25, -0.2) is 0 Å². The molecule has 18 heavy (non-hydrogen) atoms. The monoisotopic (exact) mass is 391 g/mol. The number of benzene rings is 1. The van der Waals surface area contributed by atoms with Gasteiger partial charge in [0.05, 0.1) is 5.69 Å². The van der Waals surface area contributed by atoms with Gasteiger partial charge in [0.2, 0.25) is 5.28 Å². The van der Waals surface area contributed by atoms with Crippen LogP contribution in [0.15, 0.2) is 27.1 Å². The third-order valence-corrected chi connectivity index (χ3v) is 3.85. The number of rotatable bonds is 1. The third-order valence-electron chi connectivity index (χ3n) is 2.44. The summed E-state index contributed by atoms with van der Waals surface area (Å²) < 4.78 is 3.78. The Labute approximate surface area is 128 Å². The van der Waals surface area contributed by atoms with Crippen LogP contribution in [0.5, 0.6) is 0 Å². The second kappa shape index (κ2) is 4.94. The van der Waals surface area contributed by atoms with Gasteiger partial charge in [0.1, 0.15) is 5.82 Å². The highest BCUT2D eigenvalue weighted by molar-refractivity contribution is 9.11. The minimum Gasteiger partial charge on any atom is -0.268 e. The summed E-state index contributed by atoms with van der Waals surface area (Å²) in [5.41, 5.74) is 0.784. The maximum atomic E-state index is 6.16. The molecule has 96 valence electrons. The maximum Gasteiger partial charge on any atom is 0.229 e. The molecule has 0 aliphatic heterocycles. The van der Waals surface area contributed by atoms with Crippen molar-refractivity contribution >= 4 is 43.5 Å². The standard InChI is InChI=1S/C12H12Br2ClN3/c1-12(2,3)10-16-17-11(15)18(10)9-6-7(13)4-5-8(9)14/h4-6H,1-3H3. The highest BCUT2D eigenvalue weighted by Gasteiger charge is 2.25. The molecule has 0 unspecified atom stereocenters. The Kier molecular flexibility index (Phi) is 3.85. The van der Waals surface area contributed by atoms with Crippen molar-refractivity contribution in [1.29, 1.82) is 0 Å². The first-order valence-electron chi connectivity index (χ1n) is 5.37. The van der Waals surface area contributed by atoms with E-state index in [-0.39, 0.29) is 5.41 Å². The fourth-order valence-electron chi connectivity index (χ4n) is 1.62. The molecule has 0 amide bonds. The normalized spacial score (nSPS) is 11.9. The zero-order valence-electron chi connectivity index (χ0n) is 10.2. The van der Waals surface area contributed by atoms with Crippen molar-refractivity contribution in [2.45, 2.75) is 26.2 Å². The molecule has 0 saturated carbocycles. The molecule has 2 aromatic rings. The van der Waals surface area contributed by atoms with Gasteiger partial charge in [0.15, 0.2) is 0 Å². The van der Waals surface area contributed by atoms with Crippen LogP contribution >= 0.6 is 43.5 Å². The molecule has 0 aliphatic carbocycles. The fourth-order valence-corrected chi connectivity index (χ4v) is 2.60. The van der Waals surface area contributed by atoms with Crippen LogP contribution in [0.3, 0.4) is 0 Å². The number of hydrogen-bond donors (Lipinski definition) is 0. The number of nitrogens with zero attached hydrogens (tertiary/aromatic N) is 3. The lowest BCUT2D eigenvalue weighted by Crippen LogP contribution is -2.18. The van der Waals surface area contributed by atoms with Gasteiger partial charge in [-0.1, -0.05) is 36.7 Å². The lowest BCUT2D eigenvalue weighted by Gasteiger charge is -2.19. The summed E-state index contributed by atoms with van der Waals surface area (Å²) in [5.74, 6) is 0.825. The average Bonchev–Trinajstić information content (AvgIpc) is 2.63. The van der Waals surface area contributed by atoms with E-state index in [1.807, 2.05) is 22.8 Å². The number of halogens is 3.